The van der Waals surface area contributed by atoms with Crippen LogP contribution in [0.3, 0.4) is 0 Å². The monoisotopic (exact) mass is 375 g/mol. The number of aromatic nitrogens is 1. The Bertz CT molecular complexity index is 1030. The average Bonchev–Trinajstić information content (AvgIpc) is 3.20. The number of hydrogen-bond donors (Lipinski definition) is 0. The zero-order valence-corrected chi connectivity index (χ0v) is 15.1. The molecule has 9 heteroatoms. The quantitative estimate of drug-likeness (QED) is 0.374. The van der Waals surface area contributed by atoms with E-state index in [1.165, 1.54) is 17.4 Å². The number of hydrogen-bond acceptors (Lipinski definition) is 6. The van der Waals surface area contributed by atoms with E-state index in [4.69, 9.17) is 9.15 Å². The molecule has 3 rings (SSSR count). The van der Waals surface area contributed by atoms with Gasteiger partial charge in [0.25, 0.3) is 0 Å². The van der Waals surface area contributed by atoms with Gasteiger partial charge in [0.2, 0.25) is 5.76 Å². The highest BCUT2D eigenvalue weighted by Gasteiger charge is 2.17. The van der Waals surface area contributed by atoms with E-state index in [9.17, 15) is 14.9 Å². The molecule has 0 unspecified atom stereocenters. The Morgan fingerprint density at radius 1 is 1.38 bits per heavy atom. The van der Waals surface area contributed by atoms with E-state index in [1.807, 2.05) is 36.6 Å². The van der Waals surface area contributed by atoms with Gasteiger partial charge in [-0.15, -0.1) is 0 Å². The third-order valence-corrected chi connectivity index (χ3v) is 4.72. The number of carbonyl (C=O) groups is 1. The number of fused-ring (bicyclic) bond motifs is 1. The van der Waals surface area contributed by atoms with Gasteiger partial charge in [0.15, 0.2) is 4.80 Å². The smallest absolute Gasteiger partial charge is 0.395 e. The van der Waals surface area contributed by atoms with Crippen LogP contribution in [0.4, 0.5) is 5.88 Å². The lowest BCUT2D eigenvalue weighted by molar-refractivity contribution is -0.402. The predicted molar refractivity (Wildman–Crippen MR) is 96.3 cm³/mol. The van der Waals surface area contributed by atoms with E-state index < -0.39 is 16.7 Å². The molecule has 1 amide bonds. The molecule has 3 aromatic rings. The van der Waals surface area contributed by atoms with Crippen molar-refractivity contribution < 1.29 is 18.9 Å². The third-order valence-electron chi connectivity index (χ3n) is 3.68. The first-order chi connectivity index (χ1) is 12.5. The second kappa shape index (κ2) is 7.63. The Balaban J connectivity index is 2.03. The SMILES string of the molecule is CCOCCn1c(=NC(=O)c2ccc([N+](=O)[O-])o2)sc2cc(C)ccc21. The Labute approximate surface area is 152 Å². The summed E-state index contributed by atoms with van der Waals surface area (Å²) in [6.45, 7) is 5.54. The molecule has 0 fully saturated rings. The van der Waals surface area contributed by atoms with Crippen molar-refractivity contribution in [3.8, 4) is 0 Å². The van der Waals surface area contributed by atoms with Gasteiger partial charge in [-0.3, -0.25) is 14.9 Å². The van der Waals surface area contributed by atoms with E-state index in [0.717, 1.165) is 21.8 Å². The van der Waals surface area contributed by atoms with Crippen LogP contribution < -0.4 is 4.80 Å². The van der Waals surface area contributed by atoms with E-state index in [-0.39, 0.29) is 5.76 Å². The van der Waals surface area contributed by atoms with Crippen LogP contribution in [-0.4, -0.2) is 28.6 Å². The summed E-state index contributed by atoms with van der Waals surface area (Å²) in [4.78, 5) is 27.0. The number of nitrogens with zero attached hydrogens (tertiary/aromatic N) is 3. The summed E-state index contributed by atoms with van der Waals surface area (Å²) in [6, 6.07) is 8.40. The van der Waals surface area contributed by atoms with Gasteiger partial charge in [-0.1, -0.05) is 17.4 Å². The molecule has 0 aliphatic rings. The Kier molecular flexibility index (Phi) is 5.29. The number of carbonyl (C=O) groups excluding carboxylic acids is 1. The molecule has 1 aromatic carbocycles. The molecule has 0 saturated carbocycles. The standard InChI is InChI=1S/C17H17N3O5S/c1-3-24-9-8-19-12-5-4-11(2)10-14(12)26-17(19)18-16(21)13-6-7-15(25-13)20(22)23/h4-7,10H,3,8-9H2,1-2H3. The topological polar surface area (TPSA) is 99.9 Å². The highest BCUT2D eigenvalue weighted by atomic mass is 32.1. The number of amides is 1. The zero-order chi connectivity index (χ0) is 18.7. The number of furan rings is 1. The molecule has 0 radical (unpaired) electrons. The molecule has 136 valence electrons. The summed E-state index contributed by atoms with van der Waals surface area (Å²) in [7, 11) is 0. The lowest BCUT2D eigenvalue weighted by atomic mass is 10.2. The first-order valence-corrected chi connectivity index (χ1v) is 8.82. The molecule has 0 atom stereocenters. The van der Waals surface area contributed by atoms with Crippen molar-refractivity contribution in [3.05, 3.63) is 56.6 Å². The lowest BCUT2D eigenvalue weighted by Crippen LogP contribution is -2.19. The van der Waals surface area contributed by atoms with Crippen LogP contribution in [0.5, 0.6) is 0 Å². The molecule has 0 bridgehead atoms. The van der Waals surface area contributed by atoms with Crippen molar-refractivity contribution >= 4 is 33.3 Å². The number of ether oxygens (including phenoxy) is 1. The summed E-state index contributed by atoms with van der Waals surface area (Å²) in [6.07, 6.45) is 0. The molecule has 0 aliphatic carbocycles. The summed E-state index contributed by atoms with van der Waals surface area (Å²) >= 11 is 1.38. The maximum Gasteiger partial charge on any atom is 0.433 e. The van der Waals surface area contributed by atoms with E-state index in [0.29, 0.717) is 24.6 Å². The van der Waals surface area contributed by atoms with Gasteiger partial charge < -0.3 is 13.7 Å². The van der Waals surface area contributed by atoms with Crippen LogP contribution in [0, 0.1) is 17.0 Å². The first-order valence-electron chi connectivity index (χ1n) is 8.00. The average molecular weight is 375 g/mol. The van der Waals surface area contributed by atoms with E-state index >= 15 is 0 Å². The Morgan fingerprint density at radius 2 is 2.19 bits per heavy atom. The third kappa shape index (κ3) is 3.73. The minimum Gasteiger partial charge on any atom is -0.395 e. The van der Waals surface area contributed by atoms with Gasteiger partial charge in [-0.25, -0.2) is 0 Å². The van der Waals surface area contributed by atoms with Gasteiger partial charge >= 0.3 is 11.8 Å². The minimum absolute atomic E-state index is 0.165. The van der Waals surface area contributed by atoms with Crippen LogP contribution in [0.25, 0.3) is 10.2 Å². The highest BCUT2D eigenvalue weighted by molar-refractivity contribution is 7.16. The van der Waals surface area contributed by atoms with Crippen LogP contribution in [0.15, 0.2) is 39.7 Å². The summed E-state index contributed by atoms with van der Waals surface area (Å²) < 4.78 is 13.3. The summed E-state index contributed by atoms with van der Waals surface area (Å²) in [5.74, 6) is -1.31. The van der Waals surface area contributed by atoms with Crippen molar-refractivity contribution in [1.29, 1.82) is 0 Å². The molecule has 0 N–H and O–H groups in total. The normalized spacial score (nSPS) is 12.0. The van der Waals surface area contributed by atoms with Crippen molar-refractivity contribution in [1.82, 2.24) is 4.57 Å². The number of rotatable bonds is 6. The number of nitro groups is 1. The van der Waals surface area contributed by atoms with Crippen molar-refractivity contribution in [2.45, 2.75) is 20.4 Å². The maximum atomic E-state index is 12.4. The van der Waals surface area contributed by atoms with Crippen LogP contribution >= 0.6 is 11.3 Å². The van der Waals surface area contributed by atoms with E-state index in [1.54, 1.807) is 0 Å². The fourth-order valence-electron chi connectivity index (χ4n) is 2.46. The van der Waals surface area contributed by atoms with Crippen LogP contribution in [0.2, 0.25) is 0 Å². The summed E-state index contributed by atoms with van der Waals surface area (Å²) in [5, 5.41) is 10.7. The Hall–Kier alpha value is -2.78. The van der Waals surface area contributed by atoms with Gasteiger partial charge in [-0.05, 0) is 37.6 Å². The molecule has 8 nitrogen and oxygen atoms in total. The fourth-order valence-corrected chi connectivity index (χ4v) is 3.62. The number of benzene rings is 1. The van der Waals surface area contributed by atoms with Gasteiger partial charge in [0, 0.05) is 13.2 Å². The lowest BCUT2D eigenvalue weighted by Gasteiger charge is -2.05. The molecule has 0 aliphatic heterocycles. The molecule has 0 spiro atoms. The van der Waals surface area contributed by atoms with Crippen molar-refractivity contribution in [2.75, 3.05) is 13.2 Å². The number of thiazole rings is 1. The minimum atomic E-state index is -0.693. The zero-order valence-electron chi connectivity index (χ0n) is 14.3. The van der Waals surface area contributed by atoms with Crippen molar-refractivity contribution in [2.24, 2.45) is 4.99 Å². The second-order valence-electron chi connectivity index (χ2n) is 5.52. The number of aryl methyl sites for hydroxylation is 1. The molecule has 2 aromatic heterocycles. The van der Waals surface area contributed by atoms with E-state index in [2.05, 4.69) is 4.99 Å². The van der Waals surface area contributed by atoms with Crippen LogP contribution in [0.1, 0.15) is 23.0 Å². The molecular formula is C17H17N3O5S. The second-order valence-corrected chi connectivity index (χ2v) is 6.53. The van der Waals surface area contributed by atoms with Crippen LogP contribution in [-0.2, 0) is 11.3 Å². The highest BCUT2D eigenvalue weighted by Crippen LogP contribution is 2.20. The fraction of sp³-hybridized carbons (Fsp3) is 0.294. The molecule has 0 saturated heterocycles. The van der Waals surface area contributed by atoms with Crippen molar-refractivity contribution in [3.63, 3.8) is 0 Å². The van der Waals surface area contributed by atoms with Gasteiger partial charge in [-0.2, -0.15) is 4.99 Å². The predicted octanol–water partition coefficient (Wildman–Crippen LogP) is 3.29. The van der Waals surface area contributed by atoms with Gasteiger partial charge in [0.05, 0.1) is 22.9 Å². The Morgan fingerprint density at radius 3 is 2.88 bits per heavy atom. The molecular weight excluding hydrogens is 358 g/mol. The van der Waals surface area contributed by atoms with Gasteiger partial charge in [0.1, 0.15) is 4.92 Å². The molecule has 2 heterocycles. The molecule has 26 heavy (non-hydrogen) atoms. The summed E-state index contributed by atoms with van der Waals surface area (Å²) in [5.41, 5.74) is 2.06. The largest absolute Gasteiger partial charge is 0.433 e. The maximum absolute atomic E-state index is 12.4. The first kappa shape index (κ1) is 18.0.